The lowest BCUT2D eigenvalue weighted by Gasteiger charge is -2.06. The van der Waals surface area contributed by atoms with Crippen molar-refractivity contribution in [2.45, 2.75) is 11.8 Å². The predicted octanol–water partition coefficient (Wildman–Crippen LogP) is 3.67. The Kier molecular flexibility index (Phi) is 3.17. The van der Waals surface area contributed by atoms with Crippen LogP contribution in [-0.2, 0) is 6.42 Å². The molecule has 0 saturated carbocycles. The lowest BCUT2D eigenvalue weighted by Crippen LogP contribution is -1.93. The minimum absolute atomic E-state index is 0.0728. The van der Waals surface area contributed by atoms with Crippen LogP contribution in [0.15, 0.2) is 41.4 Å². The van der Waals surface area contributed by atoms with Gasteiger partial charge in [0.15, 0.2) is 0 Å². The van der Waals surface area contributed by atoms with Gasteiger partial charge in [0.1, 0.15) is 0 Å². The van der Waals surface area contributed by atoms with Crippen molar-refractivity contribution in [1.29, 1.82) is 0 Å². The normalized spacial score (nSPS) is 12.6. The Morgan fingerprint density at radius 2 is 2.07 bits per heavy atom. The van der Waals surface area contributed by atoms with Gasteiger partial charge in [-0.15, -0.1) is 11.6 Å². The van der Waals surface area contributed by atoms with Gasteiger partial charge in [0, 0.05) is 12.4 Å². The van der Waals surface area contributed by atoms with Crippen molar-refractivity contribution in [1.82, 2.24) is 4.98 Å². The summed E-state index contributed by atoms with van der Waals surface area (Å²) in [5.41, 5.74) is 2.43. The van der Waals surface area contributed by atoms with Crippen LogP contribution in [0, 0.1) is 0 Å². The fraction of sp³-hybridized carbons (Fsp3) is 0.182. The molecule has 3 heteroatoms. The first-order valence-electron chi connectivity index (χ1n) is 4.41. The van der Waals surface area contributed by atoms with Crippen LogP contribution in [-0.4, -0.2) is 4.98 Å². The van der Waals surface area contributed by atoms with Gasteiger partial charge in [-0.2, -0.15) is 11.3 Å². The molecule has 0 aliphatic rings. The highest BCUT2D eigenvalue weighted by molar-refractivity contribution is 7.08. The first-order valence-corrected chi connectivity index (χ1v) is 5.79. The van der Waals surface area contributed by atoms with E-state index in [0.29, 0.717) is 0 Å². The molecule has 0 aliphatic heterocycles. The zero-order valence-electron chi connectivity index (χ0n) is 7.56. The van der Waals surface area contributed by atoms with Gasteiger partial charge in [0.25, 0.3) is 0 Å². The molecular weight excluding hydrogens is 214 g/mol. The third-order valence-corrected chi connectivity index (χ3v) is 3.18. The van der Waals surface area contributed by atoms with Gasteiger partial charge in [0.05, 0.1) is 5.38 Å². The molecule has 0 aromatic carbocycles. The molecule has 72 valence electrons. The second-order valence-corrected chi connectivity index (χ2v) is 4.39. The van der Waals surface area contributed by atoms with Crippen molar-refractivity contribution >= 4 is 22.9 Å². The van der Waals surface area contributed by atoms with Crippen LogP contribution < -0.4 is 0 Å². The molecule has 0 fully saturated rings. The van der Waals surface area contributed by atoms with Gasteiger partial charge in [-0.3, -0.25) is 4.98 Å². The molecule has 2 rings (SSSR count). The van der Waals surface area contributed by atoms with Gasteiger partial charge < -0.3 is 0 Å². The van der Waals surface area contributed by atoms with Crippen molar-refractivity contribution in [3.63, 3.8) is 0 Å². The Balaban J connectivity index is 2.06. The maximum absolute atomic E-state index is 6.27. The number of aromatic nitrogens is 1. The Morgan fingerprint density at radius 1 is 1.29 bits per heavy atom. The maximum atomic E-state index is 6.27. The molecule has 2 heterocycles. The Hall–Kier alpha value is -0.860. The molecular formula is C11H10ClNS. The number of thiophene rings is 1. The summed E-state index contributed by atoms with van der Waals surface area (Å²) in [6.45, 7) is 0. The zero-order valence-corrected chi connectivity index (χ0v) is 9.13. The van der Waals surface area contributed by atoms with E-state index in [1.54, 1.807) is 23.7 Å². The van der Waals surface area contributed by atoms with Crippen LogP contribution in [0.2, 0.25) is 0 Å². The maximum Gasteiger partial charge on any atom is 0.0633 e. The summed E-state index contributed by atoms with van der Waals surface area (Å²) in [4.78, 5) is 3.97. The van der Waals surface area contributed by atoms with E-state index in [2.05, 4.69) is 21.8 Å². The number of hydrogen-bond acceptors (Lipinski definition) is 2. The SMILES string of the molecule is ClC(Cc1ccncc1)c1ccsc1. The molecule has 0 amide bonds. The summed E-state index contributed by atoms with van der Waals surface area (Å²) in [6, 6.07) is 6.08. The van der Waals surface area contributed by atoms with Crippen molar-refractivity contribution in [2.24, 2.45) is 0 Å². The van der Waals surface area contributed by atoms with Gasteiger partial charge in [-0.25, -0.2) is 0 Å². The van der Waals surface area contributed by atoms with Crippen molar-refractivity contribution < 1.29 is 0 Å². The average molecular weight is 224 g/mol. The highest BCUT2D eigenvalue weighted by atomic mass is 35.5. The van der Waals surface area contributed by atoms with E-state index in [1.807, 2.05) is 12.1 Å². The van der Waals surface area contributed by atoms with Crippen LogP contribution in [0.1, 0.15) is 16.5 Å². The van der Waals surface area contributed by atoms with E-state index in [1.165, 1.54) is 11.1 Å². The molecule has 0 saturated heterocycles. The number of pyridine rings is 1. The number of hydrogen-bond donors (Lipinski definition) is 0. The fourth-order valence-electron chi connectivity index (χ4n) is 1.30. The Bertz CT molecular complexity index is 371. The summed E-state index contributed by atoms with van der Waals surface area (Å²) in [6.07, 6.45) is 4.46. The minimum Gasteiger partial charge on any atom is -0.265 e. The number of rotatable bonds is 3. The van der Waals surface area contributed by atoms with Crippen molar-refractivity contribution in [3.05, 3.63) is 52.5 Å². The minimum atomic E-state index is 0.0728. The molecule has 0 spiro atoms. The highest BCUT2D eigenvalue weighted by Crippen LogP contribution is 2.26. The first-order chi connectivity index (χ1) is 6.86. The monoisotopic (exact) mass is 223 g/mol. The summed E-state index contributed by atoms with van der Waals surface area (Å²) >= 11 is 7.95. The van der Waals surface area contributed by atoms with E-state index in [-0.39, 0.29) is 5.38 Å². The molecule has 2 aromatic heterocycles. The van der Waals surface area contributed by atoms with E-state index in [4.69, 9.17) is 11.6 Å². The fourth-order valence-corrected chi connectivity index (χ4v) is 2.40. The van der Waals surface area contributed by atoms with Crippen LogP contribution in [0.3, 0.4) is 0 Å². The molecule has 2 aromatic rings. The standard InChI is InChI=1S/C11H10ClNS/c12-11(10-3-6-14-8-10)7-9-1-4-13-5-2-9/h1-6,8,11H,7H2. The molecule has 0 radical (unpaired) electrons. The van der Waals surface area contributed by atoms with Gasteiger partial charge >= 0.3 is 0 Å². The Labute approximate surface area is 92.4 Å². The second-order valence-electron chi connectivity index (χ2n) is 3.08. The second kappa shape index (κ2) is 4.58. The van der Waals surface area contributed by atoms with Crippen LogP contribution in [0.5, 0.6) is 0 Å². The van der Waals surface area contributed by atoms with E-state index < -0.39 is 0 Å². The molecule has 14 heavy (non-hydrogen) atoms. The van der Waals surface area contributed by atoms with Gasteiger partial charge in [-0.05, 0) is 46.5 Å². The van der Waals surface area contributed by atoms with Gasteiger partial charge in [0.2, 0.25) is 0 Å². The molecule has 0 N–H and O–H groups in total. The first kappa shape index (κ1) is 9.69. The van der Waals surface area contributed by atoms with Gasteiger partial charge in [-0.1, -0.05) is 0 Å². The lowest BCUT2D eigenvalue weighted by atomic mass is 10.1. The predicted molar refractivity (Wildman–Crippen MR) is 60.9 cm³/mol. The average Bonchev–Trinajstić information content (AvgIpc) is 2.72. The number of alkyl halides is 1. The van der Waals surface area contributed by atoms with Crippen LogP contribution >= 0.6 is 22.9 Å². The smallest absolute Gasteiger partial charge is 0.0633 e. The number of halogens is 1. The third-order valence-electron chi connectivity index (χ3n) is 2.07. The van der Waals surface area contributed by atoms with Crippen LogP contribution in [0.25, 0.3) is 0 Å². The van der Waals surface area contributed by atoms with Crippen molar-refractivity contribution in [3.8, 4) is 0 Å². The highest BCUT2D eigenvalue weighted by Gasteiger charge is 2.08. The summed E-state index contributed by atoms with van der Waals surface area (Å²) in [5.74, 6) is 0. The summed E-state index contributed by atoms with van der Waals surface area (Å²) in [7, 11) is 0. The third kappa shape index (κ3) is 2.34. The van der Waals surface area contributed by atoms with Crippen LogP contribution in [0.4, 0.5) is 0 Å². The topological polar surface area (TPSA) is 12.9 Å². The molecule has 1 unspecified atom stereocenters. The lowest BCUT2D eigenvalue weighted by molar-refractivity contribution is 0.921. The number of nitrogens with zero attached hydrogens (tertiary/aromatic N) is 1. The van der Waals surface area contributed by atoms with E-state index >= 15 is 0 Å². The zero-order chi connectivity index (χ0) is 9.80. The summed E-state index contributed by atoms with van der Waals surface area (Å²) < 4.78 is 0. The van der Waals surface area contributed by atoms with E-state index in [9.17, 15) is 0 Å². The van der Waals surface area contributed by atoms with Crippen molar-refractivity contribution in [2.75, 3.05) is 0 Å². The molecule has 1 nitrogen and oxygen atoms in total. The van der Waals surface area contributed by atoms with E-state index in [0.717, 1.165) is 6.42 Å². The quantitative estimate of drug-likeness (QED) is 0.724. The Morgan fingerprint density at radius 3 is 2.71 bits per heavy atom. The summed E-state index contributed by atoms with van der Waals surface area (Å²) in [5, 5.41) is 4.22. The molecule has 1 atom stereocenters. The largest absolute Gasteiger partial charge is 0.265 e. The molecule has 0 bridgehead atoms. The molecule has 0 aliphatic carbocycles.